The molecule has 0 radical (unpaired) electrons. The Labute approximate surface area is 333 Å². The Morgan fingerprint density at radius 1 is 0.963 bits per heavy atom. The number of nitrogens with zero attached hydrogens (tertiary/aromatic N) is 4. The predicted molar refractivity (Wildman–Crippen MR) is 215 cm³/mol. The second-order valence-electron chi connectivity index (χ2n) is 14.8. The number of phenols is 1. The van der Waals surface area contributed by atoms with Gasteiger partial charge in [0.2, 0.25) is 23.6 Å². The van der Waals surface area contributed by atoms with Crippen LogP contribution in [0.15, 0.2) is 78.4 Å². The van der Waals surface area contributed by atoms with E-state index in [1.165, 1.54) is 23.0 Å². The monoisotopic (exact) mass is 872 g/mol. The van der Waals surface area contributed by atoms with Gasteiger partial charge in [-0.15, -0.1) is 11.3 Å². The van der Waals surface area contributed by atoms with Gasteiger partial charge in [0.1, 0.15) is 23.0 Å². The van der Waals surface area contributed by atoms with E-state index < -0.39 is 46.8 Å². The van der Waals surface area contributed by atoms with Gasteiger partial charge in [-0.1, -0.05) is 29.3 Å². The number of aryl methyl sites for hydroxylation is 2. The lowest BCUT2D eigenvalue weighted by molar-refractivity contribution is -0.131. The molecule has 274 valence electrons. The van der Waals surface area contributed by atoms with E-state index in [1.807, 2.05) is 43.3 Å². The maximum atomic E-state index is 15.1. The highest BCUT2D eigenvalue weighted by atomic mass is 127. The van der Waals surface area contributed by atoms with Crippen molar-refractivity contribution in [2.75, 3.05) is 16.9 Å². The number of carbonyl (C=O) groups excluding carboxylic acids is 4. The van der Waals surface area contributed by atoms with E-state index >= 15 is 4.79 Å². The summed E-state index contributed by atoms with van der Waals surface area (Å²) in [4.78, 5) is 61.8. The SMILES string of the molecule is COc1ccc(C2C3=CCC4C(=O)N(c5ccc(I)cc5)C(=O)C4C3CC3C(=O)N(c4cc(-c5sc6ccc(Cl)cc6c5C)nn4C)C(=O)C32C)c(O)c1. The standard InChI is InChI=1S/C41H34ClIN4O6S/c1-19-27-15-20(42)5-14-32(27)54-36(19)30-18-33(45(3)44-30)47-38(50)29-17-28-24(35(41(29,2)40(47)52)25-11-10-23(53-4)16-31(25)48)12-13-26-34(28)39(51)46(37(26)49)22-8-6-21(43)7-9-22/h5-12,14-16,18,26,28-29,34-35,48H,13,17H2,1-4H3. The predicted octanol–water partition coefficient (Wildman–Crippen LogP) is 8.02. The van der Waals surface area contributed by atoms with Crippen molar-refractivity contribution in [2.24, 2.45) is 36.1 Å². The number of phenolic OH excluding ortho intramolecular Hbond substituents is 1. The van der Waals surface area contributed by atoms with Crippen LogP contribution in [0.1, 0.15) is 36.8 Å². The van der Waals surface area contributed by atoms with Crippen molar-refractivity contribution in [2.45, 2.75) is 32.6 Å². The topological polar surface area (TPSA) is 122 Å². The molecule has 4 heterocycles. The van der Waals surface area contributed by atoms with Crippen LogP contribution < -0.4 is 14.5 Å². The Bertz CT molecular complexity index is 2510. The Balaban J connectivity index is 1.16. The molecule has 0 bridgehead atoms. The molecule has 54 heavy (non-hydrogen) atoms. The molecule has 2 aromatic heterocycles. The number of benzene rings is 3. The number of aromatic nitrogens is 2. The highest BCUT2D eigenvalue weighted by molar-refractivity contribution is 14.1. The Morgan fingerprint density at radius 3 is 2.44 bits per heavy atom. The third-order valence-electron chi connectivity index (χ3n) is 12.1. The summed E-state index contributed by atoms with van der Waals surface area (Å²) in [5.41, 5.74) is 2.03. The number of ether oxygens (including phenoxy) is 1. The summed E-state index contributed by atoms with van der Waals surface area (Å²) in [5, 5.41) is 18.0. The number of aromatic hydroxyl groups is 1. The summed E-state index contributed by atoms with van der Waals surface area (Å²) in [6.45, 7) is 3.80. The normalized spacial score (nSPS) is 26.3. The van der Waals surface area contributed by atoms with E-state index in [1.54, 1.807) is 60.3 Å². The van der Waals surface area contributed by atoms with Crippen LogP contribution in [-0.4, -0.2) is 45.6 Å². The molecule has 4 amide bonds. The lowest BCUT2D eigenvalue weighted by Crippen LogP contribution is -2.49. The van der Waals surface area contributed by atoms with Gasteiger partial charge in [0.15, 0.2) is 0 Å². The highest BCUT2D eigenvalue weighted by Crippen LogP contribution is 2.64. The zero-order chi connectivity index (χ0) is 38.0. The number of amides is 4. The van der Waals surface area contributed by atoms with Crippen molar-refractivity contribution in [1.82, 2.24) is 9.78 Å². The number of methoxy groups -OCH3 is 1. The van der Waals surface area contributed by atoms with Crippen molar-refractivity contribution in [3.8, 4) is 22.1 Å². The highest BCUT2D eigenvalue weighted by Gasteiger charge is 2.68. The number of anilines is 2. The first-order valence-electron chi connectivity index (χ1n) is 17.6. The molecule has 6 unspecified atom stereocenters. The summed E-state index contributed by atoms with van der Waals surface area (Å²) in [7, 11) is 3.22. The fraction of sp³-hybridized carbons (Fsp3) is 0.293. The second kappa shape index (κ2) is 12.5. The fourth-order valence-electron chi connectivity index (χ4n) is 9.53. The van der Waals surface area contributed by atoms with Crippen molar-refractivity contribution < 1.29 is 29.0 Å². The van der Waals surface area contributed by atoms with Gasteiger partial charge in [-0.05, 0) is 115 Å². The van der Waals surface area contributed by atoms with Gasteiger partial charge in [0.25, 0.3) is 0 Å². The number of rotatable bonds is 5. The molecule has 9 rings (SSSR count). The van der Waals surface area contributed by atoms with Gasteiger partial charge in [-0.25, -0.2) is 4.90 Å². The van der Waals surface area contributed by atoms with Crippen LogP contribution in [0.25, 0.3) is 20.7 Å². The molecule has 3 fully saturated rings. The lowest BCUT2D eigenvalue weighted by Gasteiger charge is -2.49. The van der Waals surface area contributed by atoms with Crippen LogP contribution in [0.3, 0.4) is 0 Å². The van der Waals surface area contributed by atoms with Crippen molar-refractivity contribution in [1.29, 1.82) is 0 Å². The number of carbonyl (C=O) groups is 4. The maximum Gasteiger partial charge on any atom is 0.242 e. The number of halogens is 2. The van der Waals surface area contributed by atoms with E-state index in [9.17, 15) is 19.5 Å². The first-order chi connectivity index (χ1) is 25.8. The third kappa shape index (κ3) is 4.91. The summed E-state index contributed by atoms with van der Waals surface area (Å²) in [6.07, 6.45) is 2.47. The Hall–Kier alpha value is -4.53. The largest absolute Gasteiger partial charge is 0.508 e. The third-order valence-corrected chi connectivity index (χ3v) is 14.4. The minimum atomic E-state index is -1.34. The second-order valence-corrected chi connectivity index (χ2v) is 17.5. The molecule has 1 saturated carbocycles. The van der Waals surface area contributed by atoms with E-state index in [2.05, 4.69) is 22.6 Å². The molecule has 2 aliphatic heterocycles. The first kappa shape index (κ1) is 35.2. The van der Waals surface area contributed by atoms with Crippen LogP contribution >= 0.6 is 45.5 Å². The molecular formula is C41H34ClIN4O6S. The van der Waals surface area contributed by atoms with Crippen LogP contribution in [0.4, 0.5) is 11.5 Å². The molecule has 4 aliphatic rings. The zero-order valence-electron chi connectivity index (χ0n) is 29.7. The molecule has 13 heteroatoms. The number of allylic oxidation sites excluding steroid dienone is 2. The molecule has 5 aromatic rings. The van der Waals surface area contributed by atoms with E-state index in [0.717, 1.165) is 29.7 Å². The van der Waals surface area contributed by atoms with Crippen molar-refractivity contribution in [3.63, 3.8) is 0 Å². The summed E-state index contributed by atoms with van der Waals surface area (Å²) in [6, 6.07) is 19.7. The number of fused-ring (bicyclic) bond motifs is 5. The minimum absolute atomic E-state index is 0.0841. The van der Waals surface area contributed by atoms with Crippen molar-refractivity contribution in [3.05, 3.63) is 98.1 Å². The van der Waals surface area contributed by atoms with Crippen LogP contribution in [0.2, 0.25) is 5.02 Å². The molecule has 3 aromatic carbocycles. The quantitative estimate of drug-likeness (QED) is 0.108. The first-order valence-corrected chi connectivity index (χ1v) is 19.9. The number of hydrogen-bond acceptors (Lipinski definition) is 8. The summed E-state index contributed by atoms with van der Waals surface area (Å²) >= 11 is 10.1. The van der Waals surface area contributed by atoms with Gasteiger partial charge < -0.3 is 9.84 Å². The molecular weight excluding hydrogens is 839 g/mol. The molecule has 6 atom stereocenters. The Kier molecular flexibility index (Phi) is 8.15. The van der Waals surface area contributed by atoms with Gasteiger partial charge in [0.05, 0.1) is 40.8 Å². The van der Waals surface area contributed by atoms with Crippen LogP contribution in [0, 0.1) is 39.6 Å². The van der Waals surface area contributed by atoms with Crippen LogP contribution in [-0.2, 0) is 26.2 Å². The van der Waals surface area contributed by atoms with Crippen LogP contribution in [0.5, 0.6) is 11.5 Å². The lowest BCUT2D eigenvalue weighted by atomic mass is 9.51. The molecule has 0 spiro atoms. The van der Waals surface area contributed by atoms with Gasteiger partial charge >= 0.3 is 0 Å². The van der Waals surface area contributed by atoms with E-state index in [4.69, 9.17) is 21.4 Å². The minimum Gasteiger partial charge on any atom is -0.508 e. The molecule has 1 N–H and O–H groups in total. The van der Waals surface area contributed by atoms with Gasteiger partial charge in [0, 0.05) is 44.0 Å². The van der Waals surface area contributed by atoms with E-state index in [-0.39, 0.29) is 24.0 Å². The number of hydrogen-bond donors (Lipinski definition) is 1. The molecule has 10 nitrogen and oxygen atoms in total. The average Bonchev–Trinajstić information content (AvgIpc) is 3.82. The fourth-order valence-corrected chi connectivity index (χ4v) is 11.2. The van der Waals surface area contributed by atoms with Gasteiger partial charge in [-0.2, -0.15) is 5.10 Å². The van der Waals surface area contributed by atoms with Crippen molar-refractivity contribution >= 4 is 90.7 Å². The molecule has 2 saturated heterocycles. The number of thiophene rings is 1. The van der Waals surface area contributed by atoms with Gasteiger partial charge in [-0.3, -0.25) is 28.8 Å². The Morgan fingerprint density at radius 2 is 1.72 bits per heavy atom. The maximum absolute atomic E-state index is 15.1. The number of imide groups is 2. The zero-order valence-corrected chi connectivity index (χ0v) is 33.4. The summed E-state index contributed by atoms with van der Waals surface area (Å²) < 4.78 is 8.97. The smallest absolute Gasteiger partial charge is 0.242 e. The van der Waals surface area contributed by atoms with E-state index in [0.29, 0.717) is 40.0 Å². The average molecular weight is 873 g/mol. The summed E-state index contributed by atoms with van der Waals surface area (Å²) in [5.74, 6) is -4.21. The molecule has 2 aliphatic carbocycles.